The van der Waals surface area contributed by atoms with Gasteiger partial charge in [-0.1, -0.05) is 23.2 Å². The Kier molecular flexibility index (Phi) is 3.53. The molecular weight excluding hydrogens is 305 g/mol. The molecule has 90 valence electrons. The second-order valence-corrected chi connectivity index (χ2v) is 6.90. The molecule has 0 radical (unpaired) electrons. The summed E-state index contributed by atoms with van der Waals surface area (Å²) < 4.78 is 26.5. The quantitative estimate of drug-likeness (QED) is 0.885. The van der Waals surface area contributed by atoms with Crippen LogP contribution in [0.2, 0.25) is 9.49 Å². The van der Waals surface area contributed by atoms with Crippen molar-refractivity contribution in [2.75, 3.05) is 4.72 Å². The summed E-state index contributed by atoms with van der Waals surface area (Å²) in [5.74, 6) is 0.106. The second-order valence-electron chi connectivity index (χ2n) is 2.89. The van der Waals surface area contributed by atoms with Gasteiger partial charge in [0.25, 0.3) is 10.0 Å². The molecule has 0 unspecified atom stereocenters. The predicted octanol–water partition coefficient (Wildman–Crippen LogP) is 2.65. The Morgan fingerprint density at radius 3 is 2.59 bits per heavy atom. The van der Waals surface area contributed by atoms with Crippen LogP contribution in [0.3, 0.4) is 0 Å². The molecule has 5 nitrogen and oxygen atoms in total. The van der Waals surface area contributed by atoms with Crippen molar-refractivity contribution in [3.8, 4) is 0 Å². The molecule has 0 aliphatic heterocycles. The highest BCUT2D eigenvalue weighted by Crippen LogP contribution is 2.26. The standard InChI is InChI=1S/C8H5Cl2N3O2S2/c9-5-3-7(12-4-11-5)13-17(14,15)8-2-1-6(10)16-8/h1-4H,(H,11,12,13). The van der Waals surface area contributed by atoms with Crippen LogP contribution in [0.25, 0.3) is 0 Å². The minimum absolute atomic E-state index is 0.106. The minimum atomic E-state index is -3.67. The van der Waals surface area contributed by atoms with Crippen LogP contribution in [-0.2, 0) is 10.0 Å². The van der Waals surface area contributed by atoms with Gasteiger partial charge in [-0.3, -0.25) is 4.72 Å². The van der Waals surface area contributed by atoms with Crippen molar-refractivity contribution in [1.82, 2.24) is 9.97 Å². The van der Waals surface area contributed by atoms with Crippen molar-refractivity contribution in [2.24, 2.45) is 0 Å². The summed E-state index contributed by atoms with van der Waals surface area (Å²) in [5.41, 5.74) is 0. The number of nitrogens with one attached hydrogen (secondary N) is 1. The molecule has 1 N–H and O–H groups in total. The van der Waals surface area contributed by atoms with Crippen molar-refractivity contribution in [1.29, 1.82) is 0 Å². The van der Waals surface area contributed by atoms with Gasteiger partial charge in [0, 0.05) is 6.07 Å². The molecule has 0 spiro atoms. The maximum Gasteiger partial charge on any atom is 0.272 e. The van der Waals surface area contributed by atoms with Crippen LogP contribution in [0, 0.1) is 0 Å². The number of sulfonamides is 1. The van der Waals surface area contributed by atoms with Gasteiger partial charge in [0.15, 0.2) is 0 Å². The number of halogens is 2. The first-order chi connectivity index (χ1) is 7.97. The van der Waals surface area contributed by atoms with Crippen molar-refractivity contribution in [3.05, 3.63) is 34.0 Å². The lowest BCUT2D eigenvalue weighted by molar-refractivity contribution is 0.603. The Bertz CT molecular complexity index is 642. The third-order valence-electron chi connectivity index (χ3n) is 1.69. The largest absolute Gasteiger partial charge is 0.272 e. The van der Waals surface area contributed by atoms with E-state index in [1.54, 1.807) is 0 Å². The van der Waals surface area contributed by atoms with Gasteiger partial charge in [0.05, 0.1) is 4.34 Å². The van der Waals surface area contributed by atoms with Gasteiger partial charge in [-0.15, -0.1) is 11.3 Å². The first kappa shape index (κ1) is 12.6. The third-order valence-corrected chi connectivity index (χ3v) is 4.97. The Balaban J connectivity index is 2.29. The minimum Gasteiger partial charge on any atom is -0.263 e. The number of rotatable bonds is 3. The summed E-state index contributed by atoms with van der Waals surface area (Å²) in [6.45, 7) is 0. The lowest BCUT2D eigenvalue weighted by Crippen LogP contribution is -2.12. The van der Waals surface area contributed by atoms with Crippen molar-refractivity contribution in [2.45, 2.75) is 4.21 Å². The zero-order valence-electron chi connectivity index (χ0n) is 8.09. The molecule has 0 saturated heterocycles. The normalized spacial score (nSPS) is 11.4. The molecule has 2 heterocycles. The van der Waals surface area contributed by atoms with Crippen LogP contribution in [0.15, 0.2) is 28.7 Å². The summed E-state index contributed by atoms with van der Waals surface area (Å²) in [7, 11) is -3.67. The molecule has 0 saturated carbocycles. The molecular formula is C8H5Cl2N3O2S2. The summed E-state index contributed by atoms with van der Waals surface area (Å²) >= 11 is 12.3. The van der Waals surface area contributed by atoms with E-state index in [2.05, 4.69) is 14.7 Å². The zero-order chi connectivity index (χ0) is 12.5. The van der Waals surface area contributed by atoms with Crippen LogP contribution in [0.4, 0.5) is 5.82 Å². The first-order valence-electron chi connectivity index (χ1n) is 4.23. The lowest BCUT2D eigenvalue weighted by atomic mass is 10.6. The number of hydrogen-bond donors (Lipinski definition) is 1. The van der Waals surface area contributed by atoms with E-state index in [0.29, 0.717) is 4.34 Å². The molecule has 0 fully saturated rings. The van der Waals surface area contributed by atoms with Crippen LogP contribution in [-0.4, -0.2) is 18.4 Å². The van der Waals surface area contributed by atoms with E-state index in [9.17, 15) is 8.42 Å². The molecule has 2 aromatic heterocycles. The molecule has 0 atom stereocenters. The fourth-order valence-electron chi connectivity index (χ4n) is 1.02. The molecule has 0 aliphatic carbocycles. The van der Waals surface area contributed by atoms with E-state index in [1.807, 2.05) is 0 Å². The summed E-state index contributed by atoms with van der Waals surface area (Å²) in [4.78, 5) is 7.39. The topological polar surface area (TPSA) is 72.0 Å². The van der Waals surface area contributed by atoms with Crippen molar-refractivity contribution in [3.63, 3.8) is 0 Å². The van der Waals surface area contributed by atoms with Gasteiger partial charge >= 0.3 is 0 Å². The molecule has 0 bridgehead atoms. The van der Waals surface area contributed by atoms with Crippen LogP contribution >= 0.6 is 34.5 Å². The highest BCUT2D eigenvalue weighted by Gasteiger charge is 2.17. The average molecular weight is 310 g/mol. The number of anilines is 1. The maximum absolute atomic E-state index is 11.9. The fraction of sp³-hybridized carbons (Fsp3) is 0. The van der Waals surface area contributed by atoms with E-state index >= 15 is 0 Å². The Morgan fingerprint density at radius 2 is 2.00 bits per heavy atom. The monoisotopic (exact) mass is 309 g/mol. The molecule has 9 heteroatoms. The number of aromatic nitrogens is 2. The van der Waals surface area contributed by atoms with Crippen LogP contribution in [0.1, 0.15) is 0 Å². The summed E-state index contributed by atoms with van der Waals surface area (Å²) in [6.07, 6.45) is 1.17. The Morgan fingerprint density at radius 1 is 1.24 bits per heavy atom. The van der Waals surface area contributed by atoms with Crippen molar-refractivity contribution >= 4 is 50.4 Å². The molecule has 0 amide bonds. The Hall–Kier alpha value is -0.890. The fourth-order valence-corrected chi connectivity index (χ4v) is 3.65. The van der Waals surface area contributed by atoms with Gasteiger partial charge in [-0.2, -0.15) is 0 Å². The van der Waals surface area contributed by atoms with E-state index in [4.69, 9.17) is 23.2 Å². The van der Waals surface area contributed by atoms with Gasteiger partial charge < -0.3 is 0 Å². The van der Waals surface area contributed by atoms with E-state index in [1.165, 1.54) is 24.5 Å². The molecule has 0 aliphatic rings. The lowest BCUT2D eigenvalue weighted by Gasteiger charge is -2.04. The summed E-state index contributed by atoms with van der Waals surface area (Å²) in [6, 6.07) is 4.24. The second kappa shape index (κ2) is 4.77. The summed E-state index contributed by atoms with van der Waals surface area (Å²) in [5, 5.41) is 0.155. The van der Waals surface area contributed by atoms with Crippen molar-refractivity contribution < 1.29 is 8.42 Å². The zero-order valence-corrected chi connectivity index (χ0v) is 11.2. The number of nitrogens with zero attached hydrogens (tertiary/aromatic N) is 2. The van der Waals surface area contributed by atoms with Gasteiger partial charge in [-0.05, 0) is 12.1 Å². The SMILES string of the molecule is O=S(=O)(Nc1cc(Cl)ncn1)c1ccc(Cl)s1. The van der Waals surface area contributed by atoms with Crippen LogP contribution in [0.5, 0.6) is 0 Å². The van der Waals surface area contributed by atoms with E-state index < -0.39 is 10.0 Å². The van der Waals surface area contributed by atoms with Crippen LogP contribution < -0.4 is 4.72 Å². The van der Waals surface area contributed by atoms with Gasteiger partial charge in [0.2, 0.25) is 0 Å². The van der Waals surface area contributed by atoms with E-state index in [-0.39, 0.29) is 15.2 Å². The highest BCUT2D eigenvalue weighted by molar-refractivity contribution is 7.94. The maximum atomic E-state index is 11.9. The Labute approximate surface area is 111 Å². The number of thiophene rings is 1. The van der Waals surface area contributed by atoms with Gasteiger partial charge in [0.1, 0.15) is 21.5 Å². The smallest absolute Gasteiger partial charge is 0.263 e. The average Bonchev–Trinajstić information content (AvgIpc) is 2.65. The first-order valence-corrected chi connectivity index (χ1v) is 7.29. The highest BCUT2D eigenvalue weighted by atomic mass is 35.5. The van der Waals surface area contributed by atoms with Gasteiger partial charge in [-0.25, -0.2) is 18.4 Å². The third kappa shape index (κ3) is 3.06. The molecule has 2 rings (SSSR count). The number of hydrogen-bond acceptors (Lipinski definition) is 5. The molecule has 2 aromatic rings. The molecule has 17 heavy (non-hydrogen) atoms. The molecule has 0 aromatic carbocycles. The van der Waals surface area contributed by atoms with E-state index in [0.717, 1.165) is 11.3 Å². The predicted molar refractivity (Wildman–Crippen MR) is 67.2 cm³/mol.